The first-order valence-corrected chi connectivity index (χ1v) is 3.90. The van der Waals surface area contributed by atoms with Crippen LogP contribution in [-0.2, 0) is 9.53 Å². The van der Waals surface area contributed by atoms with E-state index >= 15 is 0 Å². The Balaban J connectivity index is 4.04. The van der Waals surface area contributed by atoms with Gasteiger partial charge in [0.15, 0.2) is 0 Å². The van der Waals surface area contributed by atoms with E-state index in [9.17, 15) is 4.79 Å². The third-order valence-corrected chi connectivity index (χ3v) is 1.33. The molecule has 0 fully saturated rings. The highest BCUT2D eigenvalue weighted by atomic mass is 16.5. The number of aliphatic carboxylic acids is 1. The molecule has 0 saturated carbocycles. The summed E-state index contributed by atoms with van der Waals surface area (Å²) in [6.07, 6.45) is -0.470. The van der Waals surface area contributed by atoms with Crippen LogP contribution in [0.15, 0.2) is 0 Å². The van der Waals surface area contributed by atoms with Gasteiger partial charge in [0.05, 0.1) is 11.7 Å². The molecule has 12 heavy (non-hydrogen) atoms. The van der Waals surface area contributed by atoms with Crippen LogP contribution >= 0.6 is 0 Å². The highest BCUT2D eigenvalue weighted by molar-refractivity contribution is 5.73. The Morgan fingerprint density at radius 3 is 2.17 bits per heavy atom. The Hall–Kier alpha value is -0.610. The van der Waals surface area contributed by atoms with Gasteiger partial charge in [-0.05, 0) is 27.7 Å². The second-order valence-corrected chi connectivity index (χ2v) is 3.80. The first-order chi connectivity index (χ1) is 5.24. The van der Waals surface area contributed by atoms with Gasteiger partial charge in [-0.15, -0.1) is 0 Å². The average Bonchev–Trinajstić information content (AvgIpc) is 1.82. The molecule has 0 aromatic carbocycles. The minimum absolute atomic E-state index is 0.355. The molecule has 1 unspecified atom stereocenters. The van der Waals surface area contributed by atoms with Gasteiger partial charge >= 0.3 is 5.97 Å². The molecule has 0 radical (unpaired) electrons. The molecule has 0 rings (SSSR count). The summed E-state index contributed by atoms with van der Waals surface area (Å²) in [5.74, 6) is -1.04. The second-order valence-electron chi connectivity index (χ2n) is 3.80. The van der Waals surface area contributed by atoms with Crippen LogP contribution in [-0.4, -0.2) is 28.8 Å². The zero-order valence-corrected chi connectivity index (χ0v) is 8.00. The van der Waals surface area contributed by atoms with E-state index < -0.39 is 18.1 Å². The largest absolute Gasteiger partial charge is 0.480 e. The summed E-state index contributed by atoms with van der Waals surface area (Å²) < 4.78 is 5.35. The molecule has 0 bridgehead atoms. The van der Waals surface area contributed by atoms with E-state index in [0.29, 0.717) is 0 Å². The van der Waals surface area contributed by atoms with Crippen molar-refractivity contribution < 1.29 is 14.6 Å². The normalized spacial score (nSPS) is 17.1. The van der Waals surface area contributed by atoms with Gasteiger partial charge in [0, 0.05) is 0 Å². The van der Waals surface area contributed by atoms with Crippen molar-refractivity contribution >= 4 is 5.97 Å². The van der Waals surface area contributed by atoms with Crippen molar-refractivity contribution in [1.29, 1.82) is 0 Å². The van der Waals surface area contributed by atoms with Crippen molar-refractivity contribution in [3.63, 3.8) is 0 Å². The van der Waals surface area contributed by atoms with E-state index in [0.717, 1.165) is 0 Å². The highest BCUT2D eigenvalue weighted by Gasteiger charge is 2.24. The molecule has 72 valence electrons. The molecule has 0 amide bonds. The topological polar surface area (TPSA) is 72.5 Å². The molecule has 0 saturated heterocycles. The fourth-order valence-electron chi connectivity index (χ4n) is 0.832. The predicted octanol–water partition coefficient (Wildman–Crippen LogP) is 0.602. The molecule has 3 N–H and O–H groups in total. The lowest BCUT2D eigenvalue weighted by atomic mass is 10.1. The van der Waals surface area contributed by atoms with Crippen LogP contribution < -0.4 is 5.73 Å². The second kappa shape index (κ2) is 3.87. The van der Waals surface area contributed by atoms with E-state index in [1.165, 1.54) is 0 Å². The fraction of sp³-hybridized carbons (Fsp3) is 0.875. The molecule has 0 spiro atoms. The number of carboxylic acid groups (broad SMARTS) is 1. The Bertz CT molecular complexity index is 162. The standard InChI is InChI=1S/C8H17NO3/c1-5(6(9)7(10)11)12-8(2,3)4/h5-6H,9H2,1-4H3,(H,10,11)/t5-,6?/m1/s1. The van der Waals surface area contributed by atoms with Crippen LogP contribution in [0.1, 0.15) is 27.7 Å². The third kappa shape index (κ3) is 4.31. The molecule has 0 aliphatic rings. The van der Waals surface area contributed by atoms with E-state index in [4.69, 9.17) is 15.6 Å². The smallest absolute Gasteiger partial charge is 0.323 e. The maximum Gasteiger partial charge on any atom is 0.323 e. The zero-order valence-electron chi connectivity index (χ0n) is 8.00. The number of hydrogen-bond donors (Lipinski definition) is 2. The van der Waals surface area contributed by atoms with Crippen molar-refractivity contribution in [3.05, 3.63) is 0 Å². The van der Waals surface area contributed by atoms with Crippen molar-refractivity contribution in [2.24, 2.45) is 5.73 Å². The number of ether oxygens (including phenoxy) is 1. The minimum Gasteiger partial charge on any atom is -0.480 e. The summed E-state index contributed by atoms with van der Waals surface area (Å²) in [6.45, 7) is 7.23. The molecular weight excluding hydrogens is 158 g/mol. The molecule has 0 aliphatic carbocycles. The van der Waals surface area contributed by atoms with Gasteiger partial charge in [-0.25, -0.2) is 0 Å². The molecule has 4 nitrogen and oxygen atoms in total. The van der Waals surface area contributed by atoms with Crippen molar-refractivity contribution in [3.8, 4) is 0 Å². The zero-order chi connectivity index (χ0) is 9.94. The molecule has 2 atom stereocenters. The summed E-state index contributed by atoms with van der Waals surface area (Å²) in [7, 11) is 0. The summed E-state index contributed by atoms with van der Waals surface area (Å²) in [6, 6.07) is -0.954. The van der Waals surface area contributed by atoms with Gasteiger partial charge in [-0.1, -0.05) is 0 Å². The van der Waals surface area contributed by atoms with Gasteiger partial charge in [-0.3, -0.25) is 4.79 Å². The van der Waals surface area contributed by atoms with Gasteiger partial charge in [0.1, 0.15) is 6.04 Å². The SMILES string of the molecule is C[C@@H](OC(C)(C)C)C(N)C(=O)O. The first-order valence-electron chi connectivity index (χ1n) is 3.90. The molecule has 0 aromatic heterocycles. The monoisotopic (exact) mass is 175 g/mol. The Morgan fingerprint density at radius 1 is 1.50 bits per heavy atom. The van der Waals surface area contributed by atoms with E-state index in [2.05, 4.69) is 0 Å². The van der Waals surface area contributed by atoms with Crippen LogP contribution in [0.5, 0.6) is 0 Å². The molecule has 4 heteroatoms. The van der Waals surface area contributed by atoms with E-state index in [1.54, 1.807) is 6.92 Å². The lowest BCUT2D eigenvalue weighted by molar-refractivity contribution is -0.145. The van der Waals surface area contributed by atoms with Crippen LogP contribution in [0, 0.1) is 0 Å². The molecule has 0 aliphatic heterocycles. The minimum atomic E-state index is -1.04. The lowest BCUT2D eigenvalue weighted by Crippen LogP contribution is -2.44. The van der Waals surface area contributed by atoms with Gasteiger partial charge in [0.2, 0.25) is 0 Å². The molecule has 0 aromatic rings. The van der Waals surface area contributed by atoms with Crippen molar-refractivity contribution in [2.45, 2.75) is 45.4 Å². The Labute approximate surface area is 72.7 Å². The number of carboxylic acids is 1. The summed E-state index contributed by atoms with van der Waals surface area (Å²) in [4.78, 5) is 10.4. The highest BCUT2D eigenvalue weighted by Crippen LogP contribution is 2.11. The Kier molecular flexibility index (Phi) is 3.67. The summed E-state index contributed by atoms with van der Waals surface area (Å²) >= 11 is 0. The fourth-order valence-corrected chi connectivity index (χ4v) is 0.832. The van der Waals surface area contributed by atoms with Gasteiger partial charge in [0.25, 0.3) is 0 Å². The maximum atomic E-state index is 10.4. The van der Waals surface area contributed by atoms with Crippen LogP contribution in [0.3, 0.4) is 0 Å². The number of rotatable bonds is 3. The Morgan fingerprint density at radius 2 is 1.92 bits per heavy atom. The summed E-state index contributed by atoms with van der Waals surface area (Å²) in [5, 5.41) is 8.54. The first kappa shape index (κ1) is 11.4. The van der Waals surface area contributed by atoms with Crippen molar-refractivity contribution in [1.82, 2.24) is 0 Å². The number of carbonyl (C=O) groups is 1. The lowest BCUT2D eigenvalue weighted by Gasteiger charge is -2.26. The van der Waals surface area contributed by atoms with Crippen LogP contribution in [0.2, 0.25) is 0 Å². The number of nitrogens with two attached hydrogens (primary N) is 1. The average molecular weight is 175 g/mol. The quantitative estimate of drug-likeness (QED) is 0.659. The van der Waals surface area contributed by atoms with E-state index in [1.807, 2.05) is 20.8 Å². The third-order valence-electron chi connectivity index (χ3n) is 1.33. The predicted molar refractivity (Wildman–Crippen MR) is 45.9 cm³/mol. The van der Waals surface area contributed by atoms with Crippen molar-refractivity contribution in [2.75, 3.05) is 0 Å². The van der Waals surface area contributed by atoms with Crippen LogP contribution in [0.25, 0.3) is 0 Å². The van der Waals surface area contributed by atoms with Crippen LogP contribution in [0.4, 0.5) is 0 Å². The van der Waals surface area contributed by atoms with Gasteiger partial charge < -0.3 is 15.6 Å². The van der Waals surface area contributed by atoms with E-state index in [-0.39, 0.29) is 5.60 Å². The summed E-state index contributed by atoms with van der Waals surface area (Å²) in [5.41, 5.74) is 4.99. The molecule has 0 heterocycles. The molecular formula is C8H17NO3. The van der Waals surface area contributed by atoms with Gasteiger partial charge in [-0.2, -0.15) is 0 Å². The maximum absolute atomic E-state index is 10.4. The number of hydrogen-bond acceptors (Lipinski definition) is 3.